The molecule has 1 fully saturated rings. The molecule has 2 aliphatic rings. The summed E-state index contributed by atoms with van der Waals surface area (Å²) in [6.07, 6.45) is -2.40. The minimum Gasteiger partial charge on any atom is -0.392 e. The number of nitrogens with zero attached hydrogens (tertiary/aromatic N) is 4. The molecule has 7 nitrogen and oxygen atoms in total. The standard InChI is InChI=1S/C20H28F4N6O/c1-18(2)13(6-14(18)31)29-16-12(20(22,23)24)9-27-17(30(16)5)26-8-11-7-25-10-28-15(11)19(3,4)21/h7,9-10,13-14,16,29,31H,6,8H2,1-5H3,(H,26,27)/t13-,14+,16?/m1/s1. The van der Waals surface area contributed by atoms with Gasteiger partial charge in [0, 0.05) is 36.5 Å². The quantitative estimate of drug-likeness (QED) is 0.606. The van der Waals surface area contributed by atoms with Gasteiger partial charge in [-0.3, -0.25) is 5.32 Å². The molecule has 1 aromatic rings. The second-order valence-electron chi connectivity index (χ2n) is 9.06. The van der Waals surface area contributed by atoms with E-state index in [1.165, 1.54) is 38.3 Å². The highest BCUT2D eigenvalue weighted by molar-refractivity contribution is 5.82. The second-order valence-corrected chi connectivity index (χ2v) is 9.06. The summed E-state index contributed by atoms with van der Waals surface area (Å²) in [6.45, 7) is 6.34. The van der Waals surface area contributed by atoms with Gasteiger partial charge in [-0.05, 0) is 20.3 Å². The molecule has 3 N–H and O–H groups in total. The molecule has 1 aliphatic heterocycles. The average Bonchev–Trinajstić information content (AvgIpc) is 2.66. The Kier molecular flexibility index (Phi) is 6.05. The molecule has 172 valence electrons. The van der Waals surface area contributed by atoms with Crippen LogP contribution in [-0.4, -0.2) is 57.5 Å². The van der Waals surface area contributed by atoms with Crippen LogP contribution >= 0.6 is 0 Å². The monoisotopic (exact) mass is 444 g/mol. The number of aliphatic imine (C=N–C) groups is 1. The number of hydrogen-bond donors (Lipinski definition) is 3. The number of guanidine groups is 1. The van der Waals surface area contributed by atoms with E-state index in [9.17, 15) is 22.7 Å². The van der Waals surface area contributed by atoms with Crippen LogP contribution in [0.2, 0.25) is 0 Å². The number of aliphatic hydroxyl groups is 1. The van der Waals surface area contributed by atoms with Crippen molar-refractivity contribution in [1.82, 2.24) is 25.5 Å². The van der Waals surface area contributed by atoms with Gasteiger partial charge in [-0.15, -0.1) is 0 Å². The zero-order valence-electron chi connectivity index (χ0n) is 18.1. The Bertz CT molecular complexity index is 877. The predicted molar refractivity (Wildman–Crippen MR) is 107 cm³/mol. The largest absolute Gasteiger partial charge is 0.417 e. The second kappa shape index (κ2) is 8.01. The van der Waals surface area contributed by atoms with Crippen molar-refractivity contribution in [1.29, 1.82) is 0 Å². The van der Waals surface area contributed by atoms with Gasteiger partial charge in [-0.2, -0.15) is 13.2 Å². The number of alkyl halides is 4. The lowest BCUT2D eigenvalue weighted by molar-refractivity contribution is -0.111. The first-order valence-electron chi connectivity index (χ1n) is 9.96. The van der Waals surface area contributed by atoms with Crippen LogP contribution in [0, 0.1) is 5.41 Å². The summed E-state index contributed by atoms with van der Waals surface area (Å²) in [5.74, 6) is 0.189. The van der Waals surface area contributed by atoms with Crippen LogP contribution in [0.1, 0.15) is 45.4 Å². The van der Waals surface area contributed by atoms with Gasteiger partial charge in [-0.25, -0.2) is 19.4 Å². The molecule has 0 aromatic carbocycles. The highest BCUT2D eigenvalue weighted by atomic mass is 19.4. The van der Waals surface area contributed by atoms with E-state index >= 15 is 0 Å². The number of aliphatic hydroxyl groups excluding tert-OH is 1. The number of likely N-dealkylation sites (N-methyl/N-ethyl adjacent to an activating group) is 1. The molecule has 11 heteroatoms. The fourth-order valence-corrected chi connectivity index (χ4v) is 3.79. The smallest absolute Gasteiger partial charge is 0.392 e. The summed E-state index contributed by atoms with van der Waals surface area (Å²) in [5.41, 5.74) is -2.44. The molecule has 31 heavy (non-hydrogen) atoms. The molecule has 1 aliphatic carbocycles. The molecule has 1 unspecified atom stereocenters. The number of halogens is 4. The minimum atomic E-state index is -4.56. The van der Waals surface area contributed by atoms with E-state index in [2.05, 4.69) is 25.6 Å². The first-order chi connectivity index (χ1) is 14.2. The predicted octanol–water partition coefficient (Wildman–Crippen LogP) is 2.59. The van der Waals surface area contributed by atoms with Gasteiger partial charge >= 0.3 is 6.18 Å². The first kappa shape index (κ1) is 23.4. The van der Waals surface area contributed by atoms with E-state index in [4.69, 9.17) is 0 Å². The Balaban J connectivity index is 1.86. The third-order valence-electron chi connectivity index (χ3n) is 6.03. The van der Waals surface area contributed by atoms with E-state index in [-0.39, 0.29) is 24.2 Å². The maximum absolute atomic E-state index is 14.4. The molecule has 3 rings (SSSR count). The van der Waals surface area contributed by atoms with E-state index in [1.807, 2.05) is 13.8 Å². The summed E-state index contributed by atoms with van der Waals surface area (Å²) in [7, 11) is 1.49. The van der Waals surface area contributed by atoms with Crippen molar-refractivity contribution in [3.8, 4) is 0 Å². The molecular weight excluding hydrogens is 416 g/mol. The van der Waals surface area contributed by atoms with Crippen molar-refractivity contribution in [3.05, 3.63) is 35.6 Å². The van der Waals surface area contributed by atoms with E-state index in [1.54, 1.807) is 0 Å². The molecule has 0 radical (unpaired) electrons. The summed E-state index contributed by atoms with van der Waals surface area (Å²) in [6, 6.07) is -0.304. The van der Waals surface area contributed by atoms with Gasteiger partial charge in [0.2, 0.25) is 0 Å². The number of rotatable bonds is 5. The van der Waals surface area contributed by atoms with Crippen LogP contribution < -0.4 is 10.6 Å². The van der Waals surface area contributed by atoms with Crippen LogP contribution in [0.3, 0.4) is 0 Å². The van der Waals surface area contributed by atoms with Crippen LogP contribution in [0.25, 0.3) is 0 Å². The third-order valence-corrected chi connectivity index (χ3v) is 6.03. The maximum atomic E-state index is 14.4. The highest BCUT2D eigenvalue weighted by Crippen LogP contribution is 2.42. The topological polar surface area (TPSA) is 85.7 Å². The Morgan fingerprint density at radius 1 is 1.32 bits per heavy atom. The van der Waals surface area contributed by atoms with Gasteiger partial charge in [0.25, 0.3) is 0 Å². The van der Waals surface area contributed by atoms with Gasteiger partial charge in [0.15, 0.2) is 5.96 Å². The van der Waals surface area contributed by atoms with E-state index in [0.29, 0.717) is 12.0 Å². The highest BCUT2D eigenvalue weighted by Gasteiger charge is 2.51. The maximum Gasteiger partial charge on any atom is 0.417 e. The fourth-order valence-electron chi connectivity index (χ4n) is 3.79. The SMILES string of the molecule is CN1C(=NCc2cncnc2C(C)(C)F)NC=C(C(F)(F)F)C1N[C@@H]1C[C@H](O)C1(C)C. The zero-order chi connectivity index (χ0) is 23.2. The van der Waals surface area contributed by atoms with Crippen LogP contribution in [-0.2, 0) is 12.2 Å². The minimum absolute atomic E-state index is 0.00819. The number of nitrogens with one attached hydrogen (secondary N) is 2. The molecule has 0 amide bonds. The summed E-state index contributed by atoms with van der Waals surface area (Å²) in [5, 5.41) is 15.6. The molecule has 3 atom stereocenters. The molecule has 0 bridgehead atoms. The first-order valence-corrected chi connectivity index (χ1v) is 9.96. The lowest BCUT2D eigenvalue weighted by Crippen LogP contribution is -2.67. The van der Waals surface area contributed by atoms with Crippen LogP contribution in [0.15, 0.2) is 29.3 Å². The number of hydrogen-bond acceptors (Lipinski definition) is 5. The van der Waals surface area contributed by atoms with Crippen molar-refractivity contribution < 1.29 is 22.7 Å². The Hall–Kier alpha value is -2.27. The molecule has 0 saturated heterocycles. The summed E-state index contributed by atoms with van der Waals surface area (Å²) in [4.78, 5) is 13.6. The fraction of sp³-hybridized carbons (Fsp3) is 0.650. The van der Waals surface area contributed by atoms with Crippen molar-refractivity contribution >= 4 is 5.96 Å². The Morgan fingerprint density at radius 3 is 2.55 bits per heavy atom. The number of aromatic nitrogens is 2. The van der Waals surface area contributed by atoms with Gasteiger partial charge in [-0.1, -0.05) is 13.8 Å². The van der Waals surface area contributed by atoms with Crippen LogP contribution in [0.5, 0.6) is 0 Å². The Morgan fingerprint density at radius 2 is 2.00 bits per heavy atom. The zero-order valence-corrected chi connectivity index (χ0v) is 18.1. The average molecular weight is 444 g/mol. The lowest BCUT2D eigenvalue weighted by atomic mass is 9.64. The normalized spacial score (nSPS) is 27.5. The van der Waals surface area contributed by atoms with Crippen molar-refractivity contribution in [2.75, 3.05) is 7.05 Å². The molecule has 1 aromatic heterocycles. The summed E-state index contributed by atoms with van der Waals surface area (Å²) >= 11 is 0. The van der Waals surface area contributed by atoms with E-state index < -0.39 is 35.1 Å². The molecule has 0 spiro atoms. The van der Waals surface area contributed by atoms with Gasteiger partial charge in [0.1, 0.15) is 18.2 Å². The van der Waals surface area contributed by atoms with Gasteiger partial charge in [0.05, 0.1) is 23.9 Å². The van der Waals surface area contributed by atoms with E-state index in [0.717, 1.165) is 6.20 Å². The molecule has 2 heterocycles. The molecular formula is C20H28F4N6O. The molecule has 1 saturated carbocycles. The lowest BCUT2D eigenvalue weighted by Gasteiger charge is -2.52. The van der Waals surface area contributed by atoms with Crippen molar-refractivity contribution in [2.24, 2.45) is 10.4 Å². The van der Waals surface area contributed by atoms with Crippen LogP contribution in [0.4, 0.5) is 17.6 Å². The van der Waals surface area contributed by atoms with Crippen molar-refractivity contribution in [2.45, 2.75) is 70.8 Å². The Labute approximate surface area is 178 Å². The third kappa shape index (κ3) is 4.67. The van der Waals surface area contributed by atoms with Gasteiger partial charge < -0.3 is 15.3 Å². The van der Waals surface area contributed by atoms with Crippen molar-refractivity contribution in [3.63, 3.8) is 0 Å². The summed E-state index contributed by atoms with van der Waals surface area (Å²) < 4.78 is 55.4.